The van der Waals surface area contributed by atoms with Gasteiger partial charge in [0.1, 0.15) is 0 Å². The van der Waals surface area contributed by atoms with Crippen molar-refractivity contribution < 1.29 is 9.72 Å². The molecule has 1 aromatic heterocycles. The Bertz CT molecular complexity index is 1240. The molecular formula is C18H14N4O4S. The molecule has 0 aliphatic carbocycles. The number of fused-ring (bicyclic) bond motifs is 2. The Kier molecular flexibility index (Phi) is 3.88. The molecule has 0 radical (unpaired) electrons. The first-order chi connectivity index (χ1) is 12.9. The molecule has 0 saturated carbocycles. The van der Waals surface area contributed by atoms with E-state index in [1.807, 2.05) is 0 Å². The van der Waals surface area contributed by atoms with Gasteiger partial charge in [0.15, 0.2) is 4.77 Å². The van der Waals surface area contributed by atoms with Gasteiger partial charge in [0.25, 0.3) is 17.2 Å². The fourth-order valence-electron chi connectivity index (χ4n) is 3.29. The molecule has 1 aliphatic heterocycles. The maximum Gasteiger partial charge on any atom is 0.271 e. The molecule has 8 nitrogen and oxygen atoms in total. The lowest BCUT2D eigenvalue weighted by atomic mass is 10.1. The number of anilines is 1. The second kappa shape index (κ2) is 6.13. The van der Waals surface area contributed by atoms with Gasteiger partial charge in [-0.1, -0.05) is 6.07 Å². The molecule has 1 amide bonds. The SMILES string of the molecule is Cn1c(=S)[nH]c2cc(C(=O)N3CCc4ccc([N+](=O)[O-])cc43)ccc2c1=O. The zero-order valence-electron chi connectivity index (χ0n) is 14.3. The highest BCUT2D eigenvalue weighted by Gasteiger charge is 2.27. The van der Waals surface area contributed by atoms with Gasteiger partial charge in [-0.25, -0.2) is 0 Å². The van der Waals surface area contributed by atoms with E-state index in [4.69, 9.17) is 12.2 Å². The van der Waals surface area contributed by atoms with E-state index in [0.29, 0.717) is 35.1 Å². The van der Waals surface area contributed by atoms with Crippen LogP contribution in [0, 0.1) is 14.9 Å². The molecule has 1 N–H and O–H groups in total. The topological polar surface area (TPSA) is 101 Å². The van der Waals surface area contributed by atoms with Crippen LogP contribution in [-0.4, -0.2) is 26.9 Å². The number of carbonyl (C=O) groups is 1. The van der Waals surface area contributed by atoms with Crippen molar-refractivity contribution in [2.75, 3.05) is 11.4 Å². The predicted octanol–water partition coefficient (Wildman–Crippen LogP) is 2.71. The molecule has 136 valence electrons. The Hall–Kier alpha value is -3.33. The van der Waals surface area contributed by atoms with Crippen LogP contribution in [-0.2, 0) is 13.5 Å². The molecule has 0 saturated heterocycles. The number of amides is 1. The first kappa shape index (κ1) is 17.1. The van der Waals surface area contributed by atoms with E-state index in [1.165, 1.54) is 21.6 Å². The van der Waals surface area contributed by atoms with Crippen LogP contribution >= 0.6 is 12.2 Å². The Morgan fingerprint density at radius 3 is 2.78 bits per heavy atom. The second-order valence-corrected chi connectivity index (χ2v) is 6.72. The molecule has 0 bridgehead atoms. The van der Waals surface area contributed by atoms with E-state index < -0.39 is 4.92 Å². The highest BCUT2D eigenvalue weighted by atomic mass is 32.1. The molecule has 2 heterocycles. The number of carbonyl (C=O) groups excluding carboxylic acids is 1. The molecule has 4 rings (SSSR count). The summed E-state index contributed by atoms with van der Waals surface area (Å²) in [5.41, 5.74) is 2.00. The Balaban J connectivity index is 1.78. The lowest BCUT2D eigenvalue weighted by Gasteiger charge is -2.17. The zero-order chi connectivity index (χ0) is 19.3. The number of benzene rings is 2. The smallest absolute Gasteiger partial charge is 0.271 e. The number of H-pyrrole nitrogens is 1. The number of hydrogen-bond acceptors (Lipinski definition) is 5. The lowest BCUT2D eigenvalue weighted by Crippen LogP contribution is -2.29. The van der Waals surface area contributed by atoms with E-state index in [-0.39, 0.29) is 21.9 Å². The summed E-state index contributed by atoms with van der Waals surface area (Å²) < 4.78 is 1.59. The summed E-state index contributed by atoms with van der Waals surface area (Å²) in [6, 6.07) is 9.30. The first-order valence-electron chi connectivity index (χ1n) is 8.19. The van der Waals surface area contributed by atoms with Gasteiger partial charge in [0.05, 0.1) is 21.5 Å². The van der Waals surface area contributed by atoms with Crippen LogP contribution in [0.25, 0.3) is 10.9 Å². The fourth-order valence-corrected chi connectivity index (χ4v) is 3.48. The van der Waals surface area contributed by atoms with Crippen LogP contribution in [0.2, 0.25) is 0 Å². The Morgan fingerprint density at radius 1 is 1.26 bits per heavy atom. The number of nitrogens with zero attached hydrogens (tertiary/aromatic N) is 3. The molecule has 0 fully saturated rings. The fraction of sp³-hybridized carbons (Fsp3) is 0.167. The van der Waals surface area contributed by atoms with Crippen molar-refractivity contribution in [3.05, 3.63) is 72.8 Å². The zero-order valence-corrected chi connectivity index (χ0v) is 15.1. The molecule has 0 atom stereocenters. The number of non-ortho nitro benzene ring substituents is 1. The number of nitro groups is 1. The minimum Gasteiger partial charge on any atom is -0.332 e. The minimum atomic E-state index is -0.479. The molecule has 1 aliphatic rings. The third kappa shape index (κ3) is 2.72. The van der Waals surface area contributed by atoms with Crippen LogP contribution in [0.15, 0.2) is 41.2 Å². The van der Waals surface area contributed by atoms with Gasteiger partial charge in [0.2, 0.25) is 0 Å². The molecule has 27 heavy (non-hydrogen) atoms. The molecule has 3 aromatic rings. The average molecular weight is 382 g/mol. The molecule has 9 heteroatoms. The largest absolute Gasteiger partial charge is 0.332 e. The van der Waals surface area contributed by atoms with Gasteiger partial charge in [-0.2, -0.15) is 0 Å². The lowest BCUT2D eigenvalue weighted by molar-refractivity contribution is -0.384. The highest BCUT2D eigenvalue weighted by molar-refractivity contribution is 7.71. The van der Waals surface area contributed by atoms with Gasteiger partial charge < -0.3 is 9.88 Å². The van der Waals surface area contributed by atoms with E-state index in [2.05, 4.69) is 4.98 Å². The van der Waals surface area contributed by atoms with Gasteiger partial charge in [-0.15, -0.1) is 0 Å². The predicted molar refractivity (Wildman–Crippen MR) is 103 cm³/mol. The third-order valence-electron chi connectivity index (χ3n) is 4.77. The number of hydrogen-bond donors (Lipinski definition) is 1. The summed E-state index contributed by atoms with van der Waals surface area (Å²) in [5, 5.41) is 11.5. The van der Waals surface area contributed by atoms with Gasteiger partial charge in [-0.3, -0.25) is 24.3 Å². The minimum absolute atomic E-state index is 0.0560. The quantitative estimate of drug-likeness (QED) is 0.417. The van der Waals surface area contributed by atoms with E-state index in [1.54, 1.807) is 31.3 Å². The maximum atomic E-state index is 13.0. The Labute approximate surface area is 157 Å². The average Bonchev–Trinajstić information content (AvgIpc) is 3.08. The van der Waals surface area contributed by atoms with Crippen LogP contribution in [0.4, 0.5) is 11.4 Å². The summed E-state index contributed by atoms with van der Waals surface area (Å²) in [6.45, 7) is 0.444. The number of nitrogens with one attached hydrogen (secondary N) is 1. The van der Waals surface area contributed by atoms with Crippen LogP contribution in [0.3, 0.4) is 0 Å². The summed E-state index contributed by atoms with van der Waals surface area (Å²) in [6.07, 6.45) is 0.635. The van der Waals surface area contributed by atoms with Crippen molar-refractivity contribution in [3.63, 3.8) is 0 Å². The molecule has 0 spiro atoms. The summed E-state index contributed by atoms with van der Waals surface area (Å²) in [4.78, 5) is 40.3. The van der Waals surface area contributed by atoms with Crippen molar-refractivity contribution in [2.45, 2.75) is 6.42 Å². The monoisotopic (exact) mass is 382 g/mol. The molecule has 0 unspecified atom stereocenters. The highest BCUT2D eigenvalue weighted by Crippen LogP contribution is 2.32. The van der Waals surface area contributed by atoms with Gasteiger partial charge >= 0.3 is 0 Å². The Morgan fingerprint density at radius 2 is 2.04 bits per heavy atom. The van der Waals surface area contributed by atoms with Crippen molar-refractivity contribution in [1.82, 2.24) is 9.55 Å². The molecule has 2 aromatic carbocycles. The third-order valence-corrected chi connectivity index (χ3v) is 5.14. The van der Waals surface area contributed by atoms with Crippen molar-refractivity contribution in [2.24, 2.45) is 7.05 Å². The van der Waals surface area contributed by atoms with Gasteiger partial charge in [0, 0.05) is 31.3 Å². The van der Waals surface area contributed by atoms with Crippen molar-refractivity contribution in [3.8, 4) is 0 Å². The van der Waals surface area contributed by atoms with Crippen LogP contribution < -0.4 is 10.5 Å². The standard InChI is InChI=1S/C18H14N4O4S/c1-20-17(24)13-5-3-11(8-14(13)19-18(20)27)16(23)21-7-6-10-2-4-12(22(25)26)9-15(10)21/h2-5,8-9H,6-7H2,1H3,(H,19,27). The number of aromatic nitrogens is 2. The van der Waals surface area contributed by atoms with E-state index in [0.717, 1.165) is 5.56 Å². The van der Waals surface area contributed by atoms with Crippen molar-refractivity contribution >= 4 is 40.4 Å². The normalized spacial score (nSPS) is 13.0. The van der Waals surface area contributed by atoms with Crippen LogP contribution in [0.1, 0.15) is 15.9 Å². The number of aromatic amines is 1. The summed E-state index contributed by atoms with van der Waals surface area (Å²) in [7, 11) is 1.58. The second-order valence-electron chi connectivity index (χ2n) is 6.33. The van der Waals surface area contributed by atoms with Crippen molar-refractivity contribution in [1.29, 1.82) is 0 Å². The summed E-state index contributed by atoms with van der Waals surface area (Å²) >= 11 is 5.12. The summed E-state index contributed by atoms with van der Waals surface area (Å²) in [5.74, 6) is -0.281. The van der Waals surface area contributed by atoms with E-state index in [9.17, 15) is 19.7 Å². The van der Waals surface area contributed by atoms with Crippen LogP contribution in [0.5, 0.6) is 0 Å². The number of nitro benzene ring substituents is 1. The molecular weight excluding hydrogens is 368 g/mol. The maximum absolute atomic E-state index is 13.0. The first-order valence-corrected chi connectivity index (χ1v) is 8.60. The van der Waals surface area contributed by atoms with E-state index >= 15 is 0 Å². The number of rotatable bonds is 2. The van der Waals surface area contributed by atoms with Gasteiger partial charge in [-0.05, 0) is 42.4 Å².